The van der Waals surface area contributed by atoms with E-state index in [1.807, 2.05) is 293 Å². The summed E-state index contributed by atoms with van der Waals surface area (Å²) in [6.07, 6.45) is 30.8. The van der Waals surface area contributed by atoms with Crippen LogP contribution in [0.5, 0.6) is 0 Å². The Morgan fingerprint density at radius 2 is 0.636 bits per heavy atom. The first-order valence-electron chi connectivity index (χ1n) is 25.8. The van der Waals surface area contributed by atoms with Gasteiger partial charge in [-0.3, -0.25) is 4.98 Å². The van der Waals surface area contributed by atoms with Gasteiger partial charge in [-0.05, 0) is 57.9 Å². The van der Waals surface area contributed by atoms with Crippen molar-refractivity contribution in [2.75, 3.05) is 0 Å². The summed E-state index contributed by atoms with van der Waals surface area (Å²) in [5.41, 5.74) is 1.79. The van der Waals surface area contributed by atoms with Gasteiger partial charge in [0, 0.05) is 76.9 Å². The topological polar surface area (TPSA) is 136 Å². The molecule has 0 atom stereocenters. The van der Waals surface area contributed by atoms with Crippen LogP contribution in [0.25, 0.3) is 0 Å². The fraction of sp³-hybridized carbons (Fsp3) is 0.443. The predicted octanol–water partition coefficient (Wildman–Crippen LogP) is 21.7. The molecule has 0 saturated heterocycles. The molecule has 0 fully saturated rings. The molecule has 13 nitrogen and oxygen atoms in total. The summed E-state index contributed by atoms with van der Waals surface area (Å²) in [6.45, 7) is 40.0. The standard InChI is InChI=1S/C5H7N.2C4H6N2.2C4H4O.2C4H4S.C3H5N3.C3H3NO.C3H3NS.10C2H6.3CH4/c1-6-4-2-3-5-6;2*1-6-3-2-5-4-6;4*1-2-4-5-3-1;1-6-2-4-5-3-6;2*1-2-5-3-4-1;10*1-2;;;/h2-5H,1H3;2*2-4H,1H3;4*1-4H;2-3H,1H3;2*1-3H;10*1-2H3;3*1H4. The minimum Gasteiger partial charge on any atom is -0.473 e. The van der Waals surface area contributed by atoms with Crippen LogP contribution in [0, 0.1) is 0 Å². The first-order valence-corrected chi connectivity index (χ1v) is 28.6. The first kappa shape index (κ1) is 103. The number of thiazole rings is 1. The molecule has 10 heterocycles. The molecule has 0 aliphatic heterocycles. The lowest BCUT2D eigenvalue weighted by Crippen LogP contribution is -1.76. The van der Waals surface area contributed by atoms with Gasteiger partial charge in [0.15, 0.2) is 6.39 Å². The first-order chi connectivity index (χ1) is 36.6. The molecular weight excluding hydrogens is 1020 g/mol. The van der Waals surface area contributed by atoms with Gasteiger partial charge in [-0.15, -0.1) is 21.5 Å². The van der Waals surface area contributed by atoms with Crippen LogP contribution in [0.4, 0.5) is 0 Å². The van der Waals surface area contributed by atoms with Gasteiger partial charge in [0.25, 0.3) is 0 Å². The van der Waals surface area contributed by atoms with Crippen molar-refractivity contribution in [2.24, 2.45) is 28.2 Å². The fourth-order valence-electron chi connectivity index (χ4n) is 2.58. The lowest BCUT2D eigenvalue weighted by molar-refractivity contribution is 0.558. The van der Waals surface area contributed by atoms with Gasteiger partial charge in [0.05, 0.1) is 49.4 Å². The van der Waals surface area contributed by atoms with Gasteiger partial charge < -0.3 is 31.5 Å². The molecule has 0 radical (unpaired) electrons. The predicted molar refractivity (Wildman–Crippen MR) is 351 cm³/mol. The van der Waals surface area contributed by atoms with E-state index < -0.39 is 0 Å². The third kappa shape index (κ3) is 119. The maximum Gasteiger partial charge on any atom is 0.180 e. The van der Waals surface area contributed by atoms with Gasteiger partial charge in [-0.2, -0.15) is 22.7 Å². The van der Waals surface area contributed by atoms with Gasteiger partial charge in [0.1, 0.15) is 18.9 Å². The Kier molecular flexibility index (Phi) is 165. The molecule has 0 amide bonds. The Bertz CT molecular complexity index is 1450. The zero-order chi connectivity index (χ0) is 58.8. The molecule has 0 spiro atoms. The average Bonchev–Trinajstić information content (AvgIpc) is 4.32. The molecule has 0 aromatic carbocycles. The Labute approximate surface area is 487 Å². The monoisotopic (exact) mass is 1130 g/mol. The summed E-state index contributed by atoms with van der Waals surface area (Å²) in [5, 5.41) is 17.2. The lowest BCUT2D eigenvalue weighted by atomic mass is 10.7. The van der Waals surface area contributed by atoms with Crippen molar-refractivity contribution in [1.29, 1.82) is 0 Å². The van der Waals surface area contributed by atoms with E-state index in [9.17, 15) is 0 Å². The number of aryl methyl sites for hydroxylation is 4. The van der Waals surface area contributed by atoms with Crippen LogP contribution in [0.15, 0.2) is 219 Å². The number of hydrogen-bond acceptors (Lipinski definition) is 12. The highest BCUT2D eigenvalue weighted by molar-refractivity contribution is 7.08. The average molecular weight is 1140 g/mol. The zero-order valence-electron chi connectivity index (χ0n) is 50.6. The minimum absolute atomic E-state index is 0. The Morgan fingerprint density at radius 3 is 0.727 bits per heavy atom. The molecule has 0 bridgehead atoms. The Balaban J connectivity index is -0.0000000517. The highest BCUT2D eigenvalue weighted by Gasteiger charge is 1.72. The molecule has 16 heteroatoms. The summed E-state index contributed by atoms with van der Waals surface area (Å²) in [5.74, 6) is 0. The summed E-state index contributed by atoms with van der Waals surface area (Å²) in [4.78, 5) is 14.9. The number of oxazole rings is 1. The molecule has 10 aromatic rings. The number of hydrogen-bond donors (Lipinski definition) is 0. The SMILES string of the molecule is C.C.C.CC.CC.CC.CC.CC.CC.CC.CC.CC.CC.Cn1cccc1.Cn1ccnc1.Cn1ccnc1.Cn1cnnc1.c1ccoc1.c1ccoc1.c1ccsc1.c1ccsc1.c1cocn1.c1cscn1. The van der Waals surface area contributed by atoms with Crippen LogP contribution in [-0.2, 0) is 28.2 Å². The third-order valence-corrected chi connectivity index (χ3v) is 6.74. The van der Waals surface area contributed by atoms with Gasteiger partial charge in [-0.1, -0.05) is 185 Å². The molecule has 10 aromatic heterocycles. The van der Waals surface area contributed by atoms with Crippen molar-refractivity contribution >= 4 is 34.0 Å². The highest BCUT2D eigenvalue weighted by Crippen LogP contribution is 1.92. The maximum atomic E-state index is 4.58. The number of nitrogens with zero attached hydrogens (tertiary/aromatic N) is 10. The van der Waals surface area contributed by atoms with Gasteiger partial charge in [-0.25, -0.2) is 15.0 Å². The van der Waals surface area contributed by atoms with Crippen LogP contribution >= 0.6 is 34.0 Å². The van der Waals surface area contributed by atoms with Crippen molar-refractivity contribution in [3.8, 4) is 0 Å². The second-order valence-corrected chi connectivity index (χ2v) is 11.8. The van der Waals surface area contributed by atoms with Crippen molar-refractivity contribution in [3.63, 3.8) is 0 Å². The van der Waals surface area contributed by atoms with Crippen molar-refractivity contribution in [1.82, 2.24) is 48.4 Å². The van der Waals surface area contributed by atoms with E-state index in [0.29, 0.717) is 0 Å². The van der Waals surface area contributed by atoms with Crippen molar-refractivity contribution in [2.45, 2.75) is 161 Å². The zero-order valence-corrected chi connectivity index (χ0v) is 53.0. The van der Waals surface area contributed by atoms with E-state index in [-0.39, 0.29) is 22.3 Å². The smallest absolute Gasteiger partial charge is 0.180 e. The minimum atomic E-state index is 0. The molecule has 0 aliphatic rings. The summed E-state index contributed by atoms with van der Waals surface area (Å²) < 4.78 is 21.2. The summed E-state index contributed by atoms with van der Waals surface area (Å²) in [6, 6.07) is 19.4. The largest absolute Gasteiger partial charge is 0.473 e. The third-order valence-electron chi connectivity index (χ3n) is 4.96. The molecule has 0 aliphatic carbocycles. The second-order valence-electron chi connectivity index (χ2n) is 9.46. The molecule has 77 heavy (non-hydrogen) atoms. The van der Waals surface area contributed by atoms with E-state index in [1.54, 1.807) is 119 Å². The highest BCUT2D eigenvalue weighted by atomic mass is 32.1. The molecule has 0 unspecified atom stereocenters. The molecule has 0 saturated carbocycles. The van der Waals surface area contributed by atoms with Crippen LogP contribution in [-0.4, -0.2) is 48.4 Å². The van der Waals surface area contributed by atoms with Gasteiger partial charge in [0.2, 0.25) is 0 Å². The second kappa shape index (κ2) is 123. The summed E-state index contributed by atoms with van der Waals surface area (Å²) >= 11 is 5.03. The van der Waals surface area contributed by atoms with Crippen LogP contribution in [0.1, 0.15) is 161 Å². The Hall–Kier alpha value is -6.36. The van der Waals surface area contributed by atoms with E-state index >= 15 is 0 Å². The maximum absolute atomic E-state index is 4.58. The normalized spacial score (nSPS) is 6.65. The van der Waals surface area contributed by atoms with E-state index in [0.717, 1.165) is 0 Å². The molecular formula is C61H118N10O3S3. The van der Waals surface area contributed by atoms with Crippen LogP contribution in [0.2, 0.25) is 0 Å². The van der Waals surface area contributed by atoms with Crippen LogP contribution < -0.4 is 0 Å². The Morgan fingerprint density at radius 1 is 0.286 bits per heavy atom. The molecule has 0 N–H and O–H groups in total. The number of thiophene rings is 2. The number of aromatic nitrogens is 10. The quantitative estimate of drug-likeness (QED) is 0.145. The number of furan rings is 2. The van der Waals surface area contributed by atoms with Crippen molar-refractivity contribution < 1.29 is 13.3 Å². The van der Waals surface area contributed by atoms with E-state index in [2.05, 4.69) is 43.4 Å². The molecule has 10 rings (SSSR count). The lowest BCUT2D eigenvalue weighted by Gasteiger charge is -1.79. The van der Waals surface area contributed by atoms with E-state index in [1.165, 1.54) is 12.7 Å². The van der Waals surface area contributed by atoms with Crippen molar-refractivity contribution in [3.05, 3.63) is 206 Å². The van der Waals surface area contributed by atoms with Gasteiger partial charge >= 0.3 is 0 Å². The molecule has 448 valence electrons. The number of rotatable bonds is 0. The van der Waals surface area contributed by atoms with Crippen LogP contribution in [0.3, 0.4) is 0 Å². The van der Waals surface area contributed by atoms with E-state index in [4.69, 9.17) is 0 Å². The number of imidazole rings is 2. The fourth-order valence-corrected chi connectivity index (χ4v) is 3.84. The summed E-state index contributed by atoms with van der Waals surface area (Å²) in [7, 11) is 7.75.